The summed E-state index contributed by atoms with van der Waals surface area (Å²) >= 11 is 3.33. The summed E-state index contributed by atoms with van der Waals surface area (Å²) in [7, 11) is 0. The lowest BCUT2D eigenvalue weighted by Gasteiger charge is -2.41. The number of aliphatic hydroxyl groups is 1. The van der Waals surface area contributed by atoms with E-state index >= 15 is 0 Å². The molecular formula is C57H89BrN2O6. The second-order valence-electron chi connectivity index (χ2n) is 23.3. The van der Waals surface area contributed by atoms with Crippen molar-refractivity contribution in [2.45, 2.75) is 228 Å². The van der Waals surface area contributed by atoms with Crippen molar-refractivity contribution >= 4 is 27.8 Å². The summed E-state index contributed by atoms with van der Waals surface area (Å²) < 4.78 is 14.0. The van der Waals surface area contributed by atoms with Gasteiger partial charge in [0.05, 0.1) is 28.7 Å². The minimum atomic E-state index is -1.75. The summed E-state index contributed by atoms with van der Waals surface area (Å²) in [6.07, 6.45) is 15.9. The number of hydrogen-bond acceptors (Lipinski definition) is 7. The van der Waals surface area contributed by atoms with Gasteiger partial charge >= 0.3 is 0 Å². The van der Waals surface area contributed by atoms with Crippen LogP contribution in [0.5, 0.6) is 17.2 Å². The quantitative estimate of drug-likeness (QED) is 0.0400. The van der Waals surface area contributed by atoms with E-state index in [0.29, 0.717) is 30.8 Å². The van der Waals surface area contributed by atoms with Gasteiger partial charge in [-0.2, -0.15) is 0 Å². The number of non-ortho nitro benzene ring substituents is 1. The topological polar surface area (TPSA) is 114 Å². The van der Waals surface area contributed by atoms with Gasteiger partial charge in [0, 0.05) is 46.2 Å². The lowest BCUT2D eigenvalue weighted by Crippen LogP contribution is -2.42. The number of phenols is 1. The lowest BCUT2D eigenvalue weighted by atomic mass is 9.69. The highest BCUT2D eigenvalue weighted by Crippen LogP contribution is 2.50. The van der Waals surface area contributed by atoms with Crippen LogP contribution in [-0.2, 0) is 27.3 Å². The molecule has 0 heterocycles. The van der Waals surface area contributed by atoms with E-state index in [9.17, 15) is 20.3 Å². The zero-order valence-corrected chi connectivity index (χ0v) is 45.7. The second-order valence-corrected chi connectivity index (χ2v) is 24.2. The highest BCUT2D eigenvalue weighted by Gasteiger charge is 2.45. The SMILES string of the molecule is CCCCCCCCOc1c(C(C)(C)C)cc(C(O)(c2cc(C(C)(C)C)c(OCCCCCCCC)c(C(C)(C)C)c2)C(CC(C)C)N=Cc2cc([N+](=O)[O-])cc(Br)c2O)cc1C(C)(C)C. The Balaban J connectivity index is 2.55. The maximum atomic E-state index is 14.4. The van der Waals surface area contributed by atoms with Crippen molar-refractivity contribution in [3.8, 4) is 17.2 Å². The van der Waals surface area contributed by atoms with E-state index in [4.69, 9.17) is 14.5 Å². The number of ether oxygens (including phenoxy) is 2. The Morgan fingerprint density at radius 3 is 1.33 bits per heavy atom. The van der Waals surface area contributed by atoms with Gasteiger partial charge in [-0.15, -0.1) is 0 Å². The van der Waals surface area contributed by atoms with Gasteiger partial charge in [-0.25, -0.2) is 0 Å². The molecule has 0 aliphatic carbocycles. The molecule has 0 bridgehead atoms. The highest BCUT2D eigenvalue weighted by atomic mass is 79.9. The van der Waals surface area contributed by atoms with Crippen molar-refractivity contribution in [2.75, 3.05) is 13.2 Å². The number of aromatic hydroxyl groups is 1. The molecule has 3 aromatic rings. The first-order valence-corrected chi connectivity index (χ1v) is 25.9. The van der Waals surface area contributed by atoms with Gasteiger partial charge in [0.25, 0.3) is 5.69 Å². The number of nitro groups is 1. The molecule has 0 saturated carbocycles. The lowest BCUT2D eigenvalue weighted by molar-refractivity contribution is -0.385. The minimum Gasteiger partial charge on any atom is -0.506 e. The highest BCUT2D eigenvalue weighted by molar-refractivity contribution is 9.10. The summed E-state index contributed by atoms with van der Waals surface area (Å²) in [6, 6.07) is 10.4. The van der Waals surface area contributed by atoms with Crippen LogP contribution < -0.4 is 9.47 Å². The summed E-state index contributed by atoms with van der Waals surface area (Å²) in [5.41, 5.74) is 2.19. The van der Waals surface area contributed by atoms with E-state index < -0.39 is 16.6 Å². The van der Waals surface area contributed by atoms with Crippen molar-refractivity contribution in [3.63, 3.8) is 0 Å². The Bertz CT molecular complexity index is 1890. The molecule has 0 fully saturated rings. The molecule has 0 spiro atoms. The maximum Gasteiger partial charge on any atom is 0.271 e. The van der Waals surface area contributed by atoms with Crippen LogP contribution in [0.4, 0.5) is 5.69 Å². The Hall–Kier alpha value is -3.43. The molecule has 0 aliphatic rings. The van der Waals surface area contributed by atoms with Crippen LogP contribution in [0, 0.1) is 16.0 Å². The fourth-order valence-electron chi connectivity index (χ4n) is 8.67. The van der Waals surface area contributed by atoms with Gasteiger partial charge in [0.15, 0.2) is 0 Å². The molecule has 0 saturated heterocycles. The minimum absolute atomic E-state index is 0.0809. The summed E-state index contributed by atoms with van der Waals surface area (Å²) in [4.78, 5) is 16.7. The number of nitro benzene ring substituents is 1. The zero-order chi connectivity index (χ0) is 49.8. The van der Waals surface area contributed by atoms with Gasteiger partial charge < -0.3 is 19.7 Å². The predicted octanol–water partition coefficient (Wildman–Crippen LogP) is 16.5. The first-order valence-electron chi connectivity index (χ1n) is 25.2. The molecule has 1 atom stereocenters. The number of unbranched alkanes of at least 4 members (excludes halogenated alkanes) is 10. The molecular weight excluding hydrogens is 889 g/mol. The number of rotatable bonds is 24. The van der Waals surface area contributed by atoms with Crippen molar-refractivity contribution in [1.29, 1.82) is 0 Å². The average Bonchev–Trinajstić information content (AvgIpc) is 3.20. The molecule has 8 nitrogen and oxygen atoms in total. The van der Waals surface area contributed by atoms with Crippen LogP contribution in [0.25, 0.3) is 0 Å². The molecule has 3 rings (SSSR count). The third-order valence-electron chi connectivity index (χ3n) is 12.6. The van der Waals surface area contributed by atoms with Crippen molar-refractivity contribution < 1.29 is 24.6 Å². The molecule has 0 aromatic heterocycles. The van der Waals surface area contributed by atoms with Crippen LogP contribution in [0.15, 0.2) is 45.9 Å². The van der Waals surface area contributed by atoms with Crippen molar-refractivity contribution in [1.82, 2.24) is 0 Å². The fraction of sp³-hybridized carbons (Fsp3) is 0.667. The van der Waals surface area contributed by atoms with Crippen molar-refractivity contribution in [3.05, 3.63) is 89.9 Å². The Labute approximate surface area is 409 Å². The number of hydrogen-bond donors (Lipinski definition) is 2. The molecule has 2 N–H and O–H groups in total. The molecule has 66 heavy (non-hydrogen) atoms. The van der Waals surface area contributed by atoms with E-state index in [1.165, 1.54) is 69.7 Å². The first kappa shape index (κ1) is 56.9. The summed E-state index contributed by atoms with van der Waals surface area (Å²) in [5.74, 6) is 1.66. The monoisotopic (exact) mass is 977 g/mol. The van der Waals surface area contributed by atoms with E-state index in [0.717, 1.165) is 59.4 Å². The molecule has 0 radical (unpaired) electrons. The zero-order valence-electron chi connectivity index (χ0n) is 44.1. The van der Waals surface area contributed by atoms with Crippen LogP contribution in [0.3, 0.4) is 0 Å². The normalized spacial score (nSPS) is 13.5. The third-order valence-corrected chi connectivity index (χ3v) is 13.2. The largest absolute Gasteiger partial charge is 0.506 e. The molecule has 0 aliphatic heterocycles. The molecule has 9 heteroatoms. The van der Waals surface area contributed by atoms with Gasteiger partial charge in [0.1, 0.15) is 22.8 Å². The molecule has 3 aromatic carbocycles. The maximum absolute atomic E-state index is 14.4. The molecule has 370 valence electrons. The van der Waals surface area contributed by atoms with Gasteiger partial charge in [-0.3, -0.25) is 15.1 Å². The van der Waals surface area contributed by atoms with Gasteiger partial charge in [-0.1, -0.05) is 175 Å². The predicted molar refractivity (Wildman–Crippen MR) is 282 cm³/mol. The Morgan fingerprint density at radius 1 is 0.636 bits per heavy atom. The van der Waals surface area contributed by atoms with Crippen LogP contribution in [0.2, 0.25) is 0 Å². The molecule has 0 amide bonds. The molecule has 1 unspecified atom stereocenters. The number of benzene rings is 3. The van der Waals surface area contributed by atoms with Gasteiger partial charge in [-0.05, 0) is 98.2 Å². The third kappa shape index (κ3) is 15.5. The van der Waals surface area contributed by atoms with E-state index in [1.807, 2.05) is 0 Å². The van der Waals surface area contributed by atoms with Crippen LogP contribution in [0.1, 0.15) is 233 Å². The summed E-state index contributed by atoms with van der Waals surface area (Å²) in [6.45, 7) is 36.3. The van der Waals surface area contributed by atoms with E-state index in [2.05, 4.69) is 151 Å². The number of aliphatic imine (C=N–C) groups is 1. The standard InChI is InChI=1S/C57H89BrN2O6/c1-17-19-21-23-25-27-29-65-51-44(53(5,6)7)33-41(34-45(51)54(8,9)10)57(62,49(31-39(3)4)59-38-40-32-43(60(63)64)37-48(58)50(40)61)42-35-46(55(11,12)13)52(47(36-42)56(14,15)16)66-30-28-26-24-22-20-18-2/h32-39,49,61-62H,17-31H2,1-16H3. The Morgan fingerprint density at radius 2 is 1.00 bits per heavy atom. The summed E-state index contributed by atoms with van der Waals surface area (Å²) in [5, 5.41) is 37.6. The van der Waals surface area contributed by atoms with Gasteiger partial charge in [0.2, 0.25) is 0 Å². The number of halogens is 1. The fourth-order valence-corrected chi connectivity index (χ4v) is 9.13. The van der Waals surface area contributed by atoms with Crippen LogP contribution in [-0.4, -0.2) is 40.6 Å². The van der Waals surface area contributed by atoms with E-state index in [1.54, 1.807) is 0 Å². The van der Waals surface area contributed by atoms with Crippen molar-refractivity contribution in [2.24, 2.45) is 10.9 Å². The smallest absolute Gasteiger partial charge is 0.271 e. The number of phenolic OH excluding ortho intramolecular Hbond substituents is 1. The van der Waals surface area contributed by atoms with Crippen LogP contribution >= 0.6 is 15.9 Å². The first-order chi connectivity index (χ1) is 30.6. The number of nitrogens with zero attached hydrogens (tertiary/aromatic N) is 2. The second kappa shape index (κ2) is 24.2. The van der Waals surface area contributed by atoms with E-state index in [-0.39, 0.29) is 49.1 Å². The average molecular weight is 978 g/mol. The Kier molecular flexibility index (Phi) is 20.9.